The maximum absolute atomic E-state index is 12.7. The number of thiazole rings is 1. The Balaban J connectivity index is 1.21. The lowest BCUT2D eigenvalue weighted by molar-refractivity contribution is -0.140. The maximum Gasteiger partial charge on any atom is 0.413 e. The number of carbonyl (C=O) groups is 2. The van der Waals surface area contributed by atoms with Gasteiger partial charge >= 0.3 is 12.1 Å². The van der Waals surface area contributed by atoms with Crippen molar-refractivity contribution in [3.63, 3.8) is 0 Å². The van der Waals surface area contributed by atoms with Gasteiger partial charge in [0, 0.05) is 32.4 Å². The third kappa shape index (κ3) is 4.32. The number of ether oxygens (including phenoxy) is 1. The van der Waals surface area contributed by atoms with Crippen molar-refractivity contribution in [2.75, 3.05) is 5.32 Å². The first-order valence-corrected chi connectivity index (χ1v) is 14.1. The quantitative estimate of drug-likeness (QED) is 0.228. The van der Waals surface area contributed by atoms with Crippen LogP contribution in [-0.4, -0.2) is 31.9 Å². The first kappa shape index (κ1) is 23.8. The molecule has 0 spiro atoms. The van der Waals surface area contributed by atoms with E-state index in [1.165, 1.54) is 11.3 Å². The number of carboxylic acids is 1. The standard InChI is InChI=1S/C26H22N4O4S3/c1-14(15-6-4-3-5-7-15)34-25(33)29-22-16(12-28-30(22)2)17-10-18-19(35-17)11-20(36-18)21-13-27-23(37-21)26(8-9-26)24(31)32/h3-7,10-14H,8-9H2,1-2H3,(H,29,33)(H,31,32)/t14-/m1/s1. The number of rotatable bonds is 7. The zero-order valence-electron chi connectivity index (χ0n) is 19.9. The van der Waals surface area contributed by atoms with E-state index >= 15 is 0 Å². The second-order valence-electron chi connectivity index (χ2n) is 8.98. The summed E-state index contributed by atoms with van der Waals surface area (Å²) in [6.07, 6.45) is 3.89. The summed E-state index contributed by atoms with van der Waals surface area (Å²) in [5.74, 6) is -0.223. The van der Waals surface area contributed by atoms with Gasteiger partial charge < -0.3 is 9.84 Å². The van der Waals surface area contributed by atoms with Crippen molar-refractivity contribution in [1.29, 1.82) is 0 Å². The van der Waals surface area contributed by atoms with Gasteiger partial charge in [-0.25, -0.2) is 9.78 Å². The second kappa shape index (κ2) is 9.09. The Labute approximate surface area is 224 Å². The number of benzene rings is 1. The number of aliphatic carboxylic acids is 1. The number of thiophene rings is 2. The molecule has 4 aromatic heterocycles. The van der Waals surface area contributed by atoms with Gasteiger partial charge in [0.15, 0.2) is 0 Å². The number of amides is 1. The third-order valence-electron chi connectivity index (χ3n) is 6.50. The summed E-state index contributed by atoms with van der Waals surface area (Å²) >= 11 is 4.73. The Morgan fingerprint density at radius 1 is 1.05 bits per heavy atom. The van der Waals surface area contributed by atoms with Crippen LogP contribution in [-0.2, 0) is 22.0 Å². The zero-order chi connectivity index (χ0) is 25.7. The molecule has 5 aromatic rings. The van der Waals surface area contributed by atoms with Crippen molar-refractivity contribution in [2.45, 2.75) is 31.3 Å². The Morgan fingerprint density at radius 2 is 1.76 bits per heavy atom. The Morgan fingerprint density at radius 3 is 2.46 bits per heavy atom. The molecule has 1 aliphatic carbocycles. The summed E-state index contributed by atoms with van der Waals surface area (Å²) < 4.78 is 9.43. The number of hydrogen-bond donors (Lipinski definition) is 2. The number of aryl methyl sites for hydroxylation is 1. The van der Waals surface area contributed by atoms with E-state index in [0.717, 1.165) is 35.2 Å². The fraction of sp³-hybridized carbons (Fsp3) is 0.231. The van der Waals surface area contributed by atoms with Gasteiger partial charge in [0.2, 0.25) is 0 Å². The summed E-state index contributed by atoms with van der Waals surface area (Å²) in [6.45, 7) is 1.84. The number of carbonyl (C=O) groups excluding carboxylic acids is 1. The molecule has 1 atom stereocenters. The second-order valence-corrected chi connectivity index (χ2v) is 12.2. The van der Waals surface area contributed by atoms with E-state index in [2.05, 4.69) is 27.5 Å². The van der Waals surface area contributed by atoms with Crippen LogP contribution in [0.2, 0.25) is 0 Å². The lowest BCUT2D eigenvalue weighted by atomic mass is 10.1. The van der Waals surface area contributed by atoms with E-state index in [1.807, 2.05) is 37.3 Å². The third-order valence-corrected chi connectivity index (χ3v) is 10.2. The van der Waals surface area contributed by atoms with E-state index in [-0.39, 0.29) is 6.10 Å². The molecule has 188 valence electrons. The van der Waals surface area contributed by atoms with Crippen LogP contribution in [0.25, 0.3) is 29.6 Å². The minimum absolute atomic E-state index is 0.388. The average molecular weight is 551 g/mol. The summed E-state index contributed by atoms with van der Waals surface area (Å²) in [5.41, 5.74) is 0.952. The minimum atomic E-state index is -0.788. The van der Waals surface area contributed by atoms with E-state index in [0.29, 0.717) is 23.7 Å². The molecule has 0 radical (unpaired) electrons. The largest absolute Gasteiger partial charge is 0.481 e. The van der Waals surface area contributed by atoms with Crippen molar-refractivity contribution in [3.05, 3.63) is 65.4 Å². The predicted molar refractivity (Wildman–Crippen MR) is 147 cm³/mol. The molecule has 1 aromatic carbocycles. The van der Waals surface area contributed by atoms with Crippen LogP contribution in [0.5, 0.6) is 0 Å². The monoisotopic (exact) mass is 550 g/mol. The van der Waals surface area contributed by atoms with Crippen LogP contribution in [0.1, 0.15) is 36.4 Å². The number of hydrogen-bond acceptors (Lipinski definition) is 8. The average Bonchev–Trinajstić information content (AvgIpc) is 3.19. The fourth-order valence-corrected chi connectivity index (χ4v) is 7.82. The van der Waals surface area contributed by atoms with Crippen LogP contribution in [0.15, 0.2) is 54.9 Å². The van der Waals surface area contributed by atoms with E-state index in [4.69, 9.17) is 4.74 Å². The summed E-state index contributed by atoms with van der Waals surface area (Å²) in [4.78, 5) is 31.8. The van der Waals surface area contributed by atoms with Crippen molar-refractivity contribution in [3.8, 4) is 20.2 Å². The number of aromatic nitrogens is 3. The summed E-state index contributed by atoms with van der Waals surface area (Å²) in [6, 6.07) is 13.8. The fourth-order valence-electron chi connectivity index (χ4n) is 4.19. The highest BCUT2D eigenvalue weighted by molar-refractivity contribution is 7.32. The predicted octanol–water partition coefficient (Wildman–Crippen LogP) is 6.91. The molecule has 0 saturated heterocycles. The van der Waals surface area contributed by atoms with E-state index in [9.17, 15) is 14.7 Å². The molecule has 2 N–H and O–H groups in total. The molecule has 0 unspecified atom stereocenters. The van der Waals surface area contributed by atoms with Gasteiger partial charge in [0.25, 0.3) is 0 Å². The first-order valence-electron chi connectivity index (χ1n) is 11.6. The number of fused-ring (bicyclic) bond motifs is 1. The smallest absolute Gasteiger partial charge is 0.413 e. The normalized spacial score (nSPS) is 15.0. The van der Waals surface area contributed by atoms with Gasteiger partial charge in [-0.15, -0.1) is 34.0 Å². The molecule has 37 heavy (non-hydrogen) atoms. The van der Waals surface area contributed by atoms with Gasteiger partial charge in [0.05, 0.1) is 16.6 Å². The van der Waals surface area contributed by atoms with Crippen LogP contribution in [0.3, 0.4) is 0 Å². The topological polar surface area (TPSA) is 106 Å². The summed E-state index contributed by atoms with van der Waals surface area (Å²) in [5, 5.41) is 17.5. The Kier molecular flexibility index (Phi) is 5.85. The van der Waals surface area contributed by atoms with Crippen LogP contribution in [0.4, 0.5) is 10.6 Å². The van der Waals surface area contributed by atoms with Crippen LogP contribution < -0.4 is 5.32 Å². The SMILES string of the molecule is C[C@@H](OC(=O)Nc1c(-c2cc3sc(-c4cnc(C5(C(=O)O)CC5)s4)cc3s2)cnn1C)c1ccccc1. The molecule has 11 heteroatoms. The van der Waals surface area contributed by atoms with E-state index < -0.39 is 17.5 Å². The molecule has 1 aliphatic rings. The van der Waals surface area contributed by atoms with Crippen LogP contribution in [0, 0.1) is 0 Å². The molecule has 8 nitrogen and oxygen atoms in total. The molecule has 1 amide bonds. The number of nitrogens with one attached hydrogen (secondary N) is 1. The molecule has 4 heterocycles. The zero-order valence-corrected chi connectivity index (χ0v) is 22.4. The van der Waals surface area contributed by atoms with Crippen molar-refractivity contribution in [2.24, 2.45) is 7.05 Å². The number of anilines is 1. The molecule has 6 rings (SSSR count). The number of nitrogens with zero attached hydrogens (tertiary/aromatic N) is 3. The van der Waals surface area contributed by atoms with Crippen molar-refractivity contribution < 1.29 is 19.4 Å². The molecule has 1 saturated carbocycles. The van der Waals surface area contributed by atoms with Gasteiger partial charge in [-0.2, -0.15) is 5.10 Å². The maximum atomic E-state index is 12.7. The molecular formula is C26H22N4O4S3. The lowest BCUT2D eigenvalue weighted by Gasteiger charge is -2.14. The molecule has 0 bridgehead atoms. The van der Waals surface area contributed by atoms with Crippen molar-refractivity contribution >= 4 is 61.3 Å². The first-order chi connectivity index (χ1) is 17.8. The Hall–Kier alpha value is -3.54. The van der Waals surface area contributed by atoms with Gasteiger partial charge in [-0.1, -0.05) is 30.3 Å². The molecular weight excluding hydrogens is 529 g/mol. The minimum Gasteiger partial charge on any atom is -0.481 e. The van der Waals surface area contributed by atoms with Gasteiger partial charge in [0.1, 0.15) is 22.3 Å². The van der Waals surface area contributed by atoms with Crippen LogP contribution >= 0.6 is 34.0 Å². The van der Waals surface area contributed by atoms with Gasteiger partial charge in [-0.05, 0) is 37.5 Å². The highest BCUT2D eigenvalue weighted by Crippen LogP contribution is 2.51. The molecule has 0 aliphatic heterocycles. The highest BCUT2D eigenvalue weighted by atomic mass is 32.1. The Bertz CT molecular complexity index is 1600. The highest BCUT2D eigenvalue weighted by Gasteiger charge is 2.54. The van der Waals surface area contributed by atoms with Crippen molar-refractivity contribution in [1.82, 2.24) is 14.8 Å². The lowest BCUT2D eigenvalue weighted by Crippen LogP contribution is -2.18. The van der Waals surface area contributed by atoms with E-state index in [1.54, 1.807) is 46.8 Å². The summed E-state index contributed by atoms with van der Waals surface area (Å²) in [7, 11) is 1.78. The number of carboxylic acid groups (broad SMARTS) is 1. The molecule has 1 fully saturated rings. The van der Waals surface area contributed by atoms with Gasteiger partial charge in [-0.3, -0.25) is 14.8 Å².